The third-order valence-corrected chi connectivity index (χ3v) is 3.62. The van der Waals surface area contributed by atoms with Gasteiger partial charge in [0, 0.05) is 25.1 Å². The molecule has 8 heteroatoms. The van der Waals surface area contributed by atoms with E-state index in [2.05, 4.69) is 5.32 Å². The number of nitrogens with zero attached hydrogens (tertiary/aromatic N) is 1. The number of ether oxygens (including phenoxy) is 2. The molecule has 22 heavy (non-hydrogen) atoms. The van der Waals surface area contributed by atoms with Gasteiger partial charge in [-0.15, -0.1) is 0 Å². The minimum atomic E-state index is -0.510. The summed E-state index contributed by atoms with van der Waals surface area (Å²) in [6.07, 6.45) is 2.33. The first-order valence-electron chi connectivity index (χ1n) is 6.95. The number of piperidine rings is 1. The number of esters is 1. The van der Waals surface area contributed by atoms with Gasteiger partial charge >= 0.3 is 5.97 Å². The van der Waals surface area contributed by atoms with Crippen LogP contribution in [0.25, 0.3) is 0 Å². The molecule has 120 valence electrons. The van der Waals surface area contributed by atoms with Crippen molar-refractivity contribution in [1.29, 1.82) is 0 Å². The number of halogens is 1. The number of hydrogen-bond donors (Lipinski definition) is 1. The van der Waals surface area contributed by atoms with Gasteiger partial charge in [-0.3, -0.25) is 20.2 Å². The molecule has 0 bridgehead atoms. The van der Waals surface area contributed by atoms with Gasteiger partial charge in [-0.2, -0.15) is 0 Å². The normalized spacial score (nSPS) is 21.2. The number of hydrogen-bond acceptors (Lipinski definition) is 6. The Bertz CT molecular complexity index is 566. The fourth-order valence-electron chi connectivity index (χ4n) is 2.27. The molecule has 7 nitrogen and oxygen atoms in total. The maximum absolute atomic E-state index is 10.8. The fraction of sp³-hybridized carbons (Fsp3) is 0.500. The smallest absolute Gasteiger partial charge is 0.302 e. The number of carbonyl (C=O) groups excluding carboxylic acids is 1. The molecule has 1 aliphatic rings. The molecular formula is C14H17ClN2O5. The highest BCUT2D eigenvalue weighted by Gasteiger charge is 2.24. The van der Waals surface area contributed by atoms with Crippen molar-refractivity contribution in [1.82, 2.24) is 5.32 Å². The quantitative estimate of drug-likeness (QED) is 0.507. The first kappa shape index (κ1) is 16.5. The first-order chi connectivity index (χ1) is 10.5. The van der Waals surface area contributed by atoms with Crippen molar-refractivity contribution in [2.45, 2.75) is 38.5 Å². The van der Waals surface area contributed by atoms with E-state index in [1.54, 1.807) is 0 Å². The van der Waals surface area contributed by atoms with Gasteiger partial charge in [0.05, 0.1) is 9.95 Å². The lowest BCUT2D eigenvalue weighted by Crippen LogP contribution is -2.47. The molecule has 0 aliphatic carbocycles. The summed E-state index contributed by atoms with van der Waals surface area (Å²) in [6.45, 7) is 1.66. The van der Waals surface area contributed by atoms with Crippen LogP contribution in [0.3, 0.4) is 0 Å². The highest BCUT2D eigenvalue weighted by atomic mass is 35.5. The van der Waals surface area contributed by atoms with Crippen LogP contribution in [0.4, 0.5) is 5.69 Å². The Balaban J connectivity index is 1.95. The van der Waals surface area contributed by atoms with Gasteiger partial charge in [0.2, 0.25) is 0 Å². The van der Waals surface area contributed by atoms with E-state index in [1.165, 1.54) is 25.1 Å². The van der Waals surface area contributed by atoms with Crippen LogP contribution < -0.4 is 10.1 Å². The second-order valence-electron chi connectivity index (χ2n) is 5.08. The van der Waals surface area contributed by atoms with E-state index in [-0.39, 0.29) is 28.9 Å². The third kappa shape index (κ3) is 4.57. The summed E-state index contributed by atoms with van der Waals surface area (Å²) in [4.78, 5) is 21.0. The predicted octanol–water partition coefficient (Wildman–Crippen LogP) is 2.66. The summed E-state index contributed by atoms with van der Waals surface area (Å²) in [7, 11) is 0. The van der Waals surface area contributed by atoms with Gasteiger partial charge < -0.3 is 9.47 Å². The van der Waals surface area contributed by atoms with Gasteiger partial charge in [0.1, 0.15) is 12.4 Å². The van der Waals surface area contributed by atoms with Crippen LogP contribution in [-0.4, -0.2) is 29.8 Å². The molecule has 0 spiro atoms. The van der Waals surface area contributed by atoms with Crippen LogP contribution in [0.5, 0.6) is 5.75 Å². The zero-order valence-corrected chi connectivity index (χ0v) is 12.8. The Labute approximate surface area is 132 Å². The van der Waals surface area contributed by atoms with Crippen molar-refractivity contribution in [2.75, 3.05) is 6.61 Å². The van der Waals surface area contributed by atoms with Crippen LogP contribution >= 0.6 is 11.6 Å². The Morgan fingerprint density at radius 2 is 2.27 bits per heavy atom. The lowest BCUT2D eigenvalue weighted by Gasteiger charge is -2.31. The second kappa shape index (κ2) is 7.42. The van der Waals surface area contributed by atoms with Gasteiger partial charge in [-0.25, -0.2) is 0 Å². The third-order valence-electron chi connectivity index (χ3n) is 3.32. The van der Waals surface area contributed by atoms with Crippen molar-refractivity contribution < 1.29 is 19.2 Å². The Morgan fingerprint density at radius 1 is 1.50 bits per heavy atom. The molecule has 1 aromatic rings. The maximum atomic E-state index is 10.8. The monoisotopic (exact) mass is 328 g/mol. The maximum Gasteiger partial charge on any atom is 0.302 e. The van der Waals surface area contributed by atoms with E-state index < -0.39 is 4.92 Å². The second-order valence-corrected chi connectivity index (χ2v) is 5.48. The zero-order chi connectivity index (χ0) is 16.1. The standard InChI is InChI=1S/C14H17ClN2O5/c1-9(18)21-8-10-3-2-4-14(16-10)22-13-6-5-11(17(19)20)7-12(13)15/h5-7,10,14,16H,2-4,8H2,1H3/t10-,14+/m1/s1. The van der Waals surface area contributed by atoms with E-state index in [0.29, 0.717) is 12.4 Å². The summed E-state index contributed by atoms with van der Waals surface area (Å²) in [6, 6.07) is 4.12. The Hall–Kier alpha value is -1.86. The molecule has 0 amide bonds. The van der Waals surface area contributed by atoms with Crippen molar-refractivity contribution >= 4 is 23.3 Å². The number of non-ortho nitro benzene ring substituents is 1. The summed E-state index contributed by atoms with van der Waals surface area (Å²) in [5.41, 5.74) is -0.0818. The molecule has 0 aromatic heterocycles. The number of nitro groups is 1. The van der Waals surface area contributed by atoms with Gasteiger partial charge in [-0.05, 0) is 25.3 Å². The molecule has 1 saturated heterocycles. The molecule has 0 saturated carbocycles. The average Bonchev–Trinajstić information content (AvgIpc) is 2.47. The van der Waals surface area contributed by atoms with Crippen LogP contribution in [-0.2, 0) is 9.53 Å². The number of rotatable bonds is 5. The summed E-state index contributed by atoms with van der Waals surface area (Å²) >= 11 is 6.01. The van der Waals surface area contributed by atoms with Crippen LogP contribution in [0.1, 0.15) is 26.2 Å². The molecule has 2 rings (SSSR count). The minimum Gasteiger partial charge on any atom is -0.474 e. The molecule has 2 atom stereocenters. The molecule has 0 radical (unpaired) electrons. The van der Waals surface area contributed by atoms with Crippen molar-refractivity contribution in [3.63, 3.8) is 0 Å². The van der Waals surface area contributed by atoms with E-state index in [9.17, 15) is 14.9 Å². The van der Waals surface area contributed by atoms with Gasteiger partial charge in [-0.1, -0.05) is 11.6 Å². The highest BCUT2D eigenvalue weighted by molar-refractivity contribution is 6.32. The summed E-state index contributed by atoms with van der Waals surface area (Å²) in [5, 5.41) is 14.1. The van der Waals surface area contributed by atoms with E-state index in [4.69, 9.17) is 21.1 Å². The van der Waals surface area contributed by atoms with Gasteiger partial charge in [0.25, 0.3) is 5.69 Å². The molecule has 1 fully saturated rings. The largest absolute Gasteiger partial charge is 0.474 e. The number of nitrogens with one attached hydrogen (secondary N) is 1. The molecular weight excluding hydrogens is 312 g/mol. The zero-order valence-electron chi connectivity index (χ0n) is 12.1. The molecule has 1 N–H and O–H groups in total. The predicted molar refractivity (Wildman–Crippen MR) is 79.9 cm³/mol. The van der Waals surface area contributed by atoms with Gasteiger partial charge in [0.15, 0.2) is 6.23 Å². The minimum absolute atomic E-state index is 0.0273. The van der Waals surface area contributed by atoms with Crippen molar-refractivity contribution in [2.24, 2.45) is 0 Å². The topological polar surface area (TPSA) is 90.7 Å². The van der Waals surface area contributed by atoms with Crippen molar-refractivity contribution in [3.8, 4) is 5.75 Å². The van der Waals surface area contributed by atoms with Crippen LogP contribution in [0.2, 0.25) is 5.02 Å². The summed E-state index contributed by atoms with van der Waals surface area (Å²) < 4.78 is 10.7. The van der Waals surface area contributed by atoms with Crippen LogP contribution in [0.15, 0.2) is 18.2 Å². The van der Waals surface area contributed by atoms with Crippen LogP contribution in [0, 0.1) is 10.1 Å². The molecule has 1 aromatic carbocycles. The number of benzene rings is 1. The molecule has 1 aliphatic heterocycles. The number of carbonyl (C=O) groups is 1. The lowest BCUT2D eigenvalue weighted by atomic mass is 10.0. The fourth-order valence-corrected chi connectivity index (χ4v) is 2.49. The SMILES string of the molecule is CC(=O)OC[C@H]1CCC[C@H](Oc2ccc([N+](=O)[O-])cc2Cl)N1. The Kier molecular flexibility index (Phi) is 5.57. The summed E-state index contributed by atoms with van der Waals surface area (Å²) in [5.74, 6) is 0.0705. The van der Waals surface area contributed by atoms with Crippen molar-refractivity contribution in [3.05, 3.63) is 33.3 Å². The van der Waals surface area contributed by atoms with E-state index >= 15 is 0 Å². The molecule has 1 heterocycles. The first-order valence-corrected chi connectivity index (χ1v) is 7.33. The van der Waals surface area contributed by atoms with E-state index in [1.807, 2.05) is 0 Å². The highest BCUT2D eigenvalue weighted by Crippen LogP contribution is 2.30. The lowest BCUT2D eigenvalue weighted by molar-refractivity contribution is -0.384. The Morgan fingerprint density at radius 3 is 2.91 bits per heavy atom. The average molecular weight is 329 g/mol. The van der Waals surface area contributed by atoms with E-state index in [0.717, 1.165) is 19.3 Å². The number of nitro benzene ring substituents is 1. The molecule has 0 unspecified atom stereocenters.